The van der Waals surface area contributed by atoms with E-state index in [-0.39, 0.29) is 17.5 Å². The molecule has 0 spiro atoms. The van der Waals surface area contributed by atoms with Crippen LogP contribution < -0.4 is 10.2 Å². The van der Waals surface area contributed by atoms with Crippen molar-refractivity contribution in [2.45, 2.75) is 26.8 Å². The Labute approximate surface area is 164 Å². The van der Waals surface area contributed by atoms with Crippen LogP contribution in [0.25, 0.3) is 0 Å². The summed E-state index contributed by atoms with van der Waals surface area (Å²) < 4.78 is 13.9. The Hall–Kier alpha value is -3.28. The zero-order chi connectivity index (χ0) is 20.1. The van der Waals surface area contributed by atoms with Gasteiger partial charge in [-0.05, 0) is 50.1 Å². The first-order chi connectivity index (χ1) is 13.5. The molecule has 3 aromatic rings. The summed E-state index contributed by atoms with van der Waals surface area (Å²) in [7, 11) is 0. The second-order valence-corrected chi connectivity index (χ2v) is 6.53. The van der Waals surface area contributed by atoms with Crippen molar-refractivity contribution < 1.29 is 9.18 Å². The lowest BCUT2D eigenvalue weighted by Gasteiger charge is -2.21. The molecule has 0 aliphatic carbocycles. The van der Waals surface area contributed by atoms with Crippen LogP contribution in [0.15, 0.2) is 60.8 Å². The van der Waals surface area contributed by atoms with Crippen molar-refractivity contribution in [3.8, 4) is 0 Å². The van der Waals surface area contributed by atoms with Gasteiger partial charge in [-0.2, -0.15) is 4.98 Å². The molecule has 5 nitrogen and oxygen atoms in total. The molecule has 0 saturated heterocycles. The number of amides is 1. The van der Waals surface area contributed by atoms with Crippen LogP contribution in [0.1, 0.15) is 41.4 Å². The van der Waals surface area contributed by atoms with Crippen molar-refractivity contribution >= 4 is 17.7 Å². The standard InChI is InChI=1S/C22H23FN4O/c1-4-27(21(28)18-11-10-15(2)19(23)14-18)20-12-13-24-22(26-20)25-16(3)17-8-6-5-7-9-17/h5-14,16H,4H2,1-3H3,(H,24,25,26)/t16-/m0/s1. The van der Waals surface area contributed by atoms with Gasteiger partial charge < -0.3 is 5.32 Å². The van der Waals surface area contributed by atoms with Crippen LogP contribution in [0.5, 0.6) is 0 Å². The molecule has 0 fully saturated rings. The molecule has 144 valence electrons. The van der Waals surface area contributed by atoms with Crippen LogP contribution in [0.2, 0.25) is 0 Å². The lowest BCUT2D eigenvalue weighted by atomic mass is 10.1. The Bertz CT molecular complexity index is 962. The maximum atomic E-state index is 13.9. The van der Waals surface area contributed by atoms with Gasteiger partial charge >= 0.3 is 0 Å². The molecule has 0 saturated carbocycles. The summed E-state index contributed by atoms with van der Waals surface area (Å²) in [6.07, 6.45) is 1.61. The number of halogens is 1. The third-order valence-electron chi connectivity index (χ3n) is 4.54. The monoisotopic (exact) mass is 378 g/mol. The van der Waals surface area contributed by atoms with E-state index in [0.29, 0.717) is 23.9 Å². The summed E-state index contributed by atoms with van der Waals surface area (Å²) in [4.78, 5) is 23.1. The van der Waals surface area contributed by atoms with Crippen molar-refractivity contribution in [2.75, 3.05) is 16.8 Å². The van der Waals surface area contributed by atoms with E-state index in [0.717, 1.165) is 5.56 Å². The number of anilines is 2. The van der Waals surface area contributed by atoms with Gasteiger partial charge in [-0.3, -0.25) is 9.69 Å². The summed E-state index contributed by atoms with van der Waals surface area (Å²) in [5.74, 6) is 0.187. The summed E-state index contributed by atoms with van der Waals surface area (Å²) in [5.41, 5.74) is 1.90. The van der Waals surface area contributed by atoms with Gasteiger partial charge in [0, 0.05) is 18.3 Å². The molecule has 0 aliphatic rings. The first-order valence-electron chi connectivity index (χ1n) is 9.22. The number of aromatic nitrogens is 2. The SMILES string of the molecule is CCN(C(=O)c1ccc(C)c(F)c1)c1ccnc(N[C@@H](C)c2ccccc2)n1. The molecule has 0 radical (unpaired) electrons. The molecule has 3 rings (SSSR count). The first-order valence-corrected chi connectivity index (χ1v) is 9.22. The predicted octanol–water partition coefficient (Wildman–Crippen LogP) is 4.76. The Morgan fingerprint density at radius 2 is 1.93 bits per heavy atom. The molecule has 0 aliphatic heterocycles. The largest absolute Gasteiger partial charge is 0.348 e. The second kappa shape index (κ2) is 8.61. The van der Waals surface area contributed by atoms with Crippen LogP contribution in [-0.4, -0.2) is 22.4 Å². The first kappa shape index (κ1) is 19.5. The number of carbonyl (C=O) groups is 1. The number of aryl methyl sites for hydroxylation is 1. The highest BCUT2D eigenvalue weighted by Crippen LogP contribution is 2.20. The smallest absolute Gasteiger partial charge is 0.259 e. The van der Waals surface area contributed by atoms with E-state index in [9.17, 15) is 9.18 Å². The summed E-state index contributed by atoms with van der Waals surface area (Å²) in [5, 5.41) is 3.25. The van der Waals surface area contributed by atoms with Crippen LogP contribution in [-0.2, 0) is 0 Å². The lowest BCUT2D eigenvalue weighted by molar-refractivity contribution is 0.0987. The highest BCUT2D eigenvalue weighted by molar-refractivity contribution is 6.05. The van der Waals surface area contributed by atoms with Gasteiger partial charge in [0.1, 0.15) is 11.6 Å². The predicted molar refractivity (Wildman–Crippen MR) is 109 cm³/mol. The van der Waals surface area contributed by atoms with E-state index in [1.54, 1.807) is 31.3 Å². The summed E-state index contributed by atoms with van der Waals surface area (Å²) in [6.45, 7) is 5.93. The van der Waals surface area contributed by atoms with Gasteiger partial charge in [0.15, 0.2) is 0 Å². The number of rotatable bonds is 6. The third-order valence-corrected chi connectivity index (χ3v) is 4.54. The van der Waals surface area contributed by atoms with Crippen molar-refractivity contribution in [3.05, 3.63) is 83.3 Å². The third kappa shape index (κ3) is 4.34. The zero-order valence-electron chi connectivity index (χ0n) is 16.2. The second-order valence-electron chi connectivity index (χ2n) is 6.53. The Morgan fingerprint density at radius 3 is 2.61 bits per heavy atom. The highest BCUT2D eigenvalue weighted by atomic mass is 19.1. The normalized spacial score (nSPS) is 11.7. The fourth-order valence-electron chi connectivity index (χ4n) is 2.88. The van der Waals surface area contributed by atoms with Gasteiger partial charge in [-0.25, -0.2) is 9.37 Å². The molecule has 1 heterocycles. The number of benzene rings is 2. The van der Waals surface area contributed by atoms with Crippen molar-refractivity contribution in [3.63, 3.8) is 0 Å². The maximum Gasteiger partial charge on any atom is 0.259 e. The Morgan fingerprint density at radius 1 is 1.18 bits per heavy atom. The van der Waals surface area contributed by atoms with Crippen LogP contribution in [0, 0.1) is 12.7 Å². The number of hydrogen-bond donors (Lipinski definition) is 1. The number of hydrogen-bond acceptors (Lipinski definition) is 4. The molecular weight excluding hydrogens is 355 g/mol. The molecule has 28 heavy (non-hydrogen) atoms. The number of nitrogens with zero attached hydrogens (tertiary/aromatic N) is 3. The van der Waals surface area contributed by atoms with Gasteiger partial charge in [0.05, 0.1) is 6.04 Å². The van der Waals surface area contributed by atoms with Crippen molar-refractivity contribution in [1.29, 1.82) is 0 Å². The zero-order valence-corrected chi connectivity index (χ0v) is 16.2. The van der Waals surface area contributed by atoms with E-state index in [4.69, 9.17) is 0 Å². The fraction of sp³-hybridized carbons (Fsp3) is 0.227. The molecular formula is C22H23FN4O. The highest BCUT2D eigenvalue weighted by Gasteiger charge is 2.19. The maximum absolute atomic E-state index is 13.9. The average molecular weight is 378 g/mol. The molecule has 0 unspecified atom stereocenters. The molecule has 0 bridgehead atoms. The van der Waals surface area contributed by atoms with Gasteiger partial charge in [0.2, 0.25) is 5.95 Å². The summed E-state index contributed by atoms with van der Waals surface area (Å²) >= 11 is 0. The van der Waals surface area contributed by atoms with Crippen molar-refractivity contribution in [1.82, 2.24) is 9.97 Å². The molecule has 1 amide bonds. The van der Waals surface area contributed by atoms with E-state index < -0.39 is 5.82 Å². The van der Waals surface area contributed by atoms with Crippen LogP contribution in [0.3, 0.4) is 0 Å². The number of nitrogens with one attached hydrogen (secondary N) is 1. The summed E-state index contributed by atoms with van der Waals surface area (Å²) in [6, 6.07) is 16.1. The average Bonchev–Trinajstić information content (AvgIpc) is 2.71. The molecule has 1 N–H and O–H groups in total. The van der Waals surface area contributed by atoms with E-state index in [1.807, 2.05) is 44.2 Å². The molecule has 2 aromatic carbocycles. The van der Waals surface area contributed by atoms with E-state index in [1.165, 1.54) is 11.0 Å². The van der Waals surface area contributed by atoms with Gasteiger partial charge in [-0.1, -0.05) is 36.4 Å². The number of carbonyl (C=O) groups excluding carboxylic acids is 1. The molecule has 6 heteroatoms. The molecule has 1 atom stereocenters. The van der Waals surface area contributed by atoms with E-state index >= 15 is 0 Å². The van der Waals surface area contributed by atoms with Crippen molar-refractivity contribution in [2.24, 2.45) is 0 Å². The Balaban J connectivity index is 1.82. The minimum Gasteiger partial charge on any atom is -0.348 e. The topological polar surface area (TPSA) is 58.1 Å². The fourth-order valence-corrected chi connectivity index (χ4v) is 2.88. The Kier molecular flexibility index (Phi) is 5.99. The van der Waals surface area contributed by atoms with Gasteiger partial charge in [0.25, 0.3) is 5.91 Å². The van der Waals surface area contributed by atoms with Gasteiger partial charge in [-0.15, -0.1) is 0 Å². The van der Waals surface area contributed by atoms with E-state index in [2.05, 4.69) is 15.3 Å². The minimum absolute atomic E-state index is 0.00780. The minimum atomic E-state index is -0.399. The van der Waals surface area contributed by atoms with Crippen LogP contribution in [0.4, 0.5) is 16.2 Å². The van der Waals surface area contributed by atoms with Crippen LogP contribution >= 0.6 is 0 Å². The lowest BCUT2D eigenvalue weighted by Crippen LogP contribution is -2.31. The molecule has 1 aromatic heterocycles. The quantitative estimate of drug-likeness (QED) is 0.672.